The van der Waals surface area contributed by atoms with Crippen LogP contribution in [0.3, 0.4) is 0 Å². The second-order valence-corrected chi connectivity index (χ2v) is 4.69. The smallest absolute Gasteiger partial charge is 0.160 e. The molecule has 1 aromatic heterocycles. The summed E-state index contributed by atoms with van der Waals surface area (Å²) < 4.78 is 7.30. The van der Waals surface area contributed by atoms with Crippen LogP contribution in [0, 0.1) is 0 Å². The summed E-state index contributed by atoms with van der Waals surface area (Å²) in [7, 11) is 1.66. The van der Waals surface area contributed by atoms with Gasteiger partial charge in [0.25, 0.3) is 0 Å². The first-order valence-electron chi connectivity index (χ1n) is 5.26. The van der Waals surface area contributed by atoms with E-state index >= 15 is 0 Å². The summed E-state index contributed by atoms with van der Waals surface area (Å²) in [6, 6.07) is 0.315. The molecule has 0 bridgehead atoms. The lowest BCUT2D eigenvalue weighted by molar-refractivity contribution is 0.373. The number of methoxy groups -OCH3 is 1. The van der Waals surface area contributed by atoms with E-state index < -0.39 is 0 Å². The van der Waals surface area contributed by atoms with Crippen molar-refractivity contribution in [3.8, 4) is 5.75 Å². The van der Waals surface area contributed by atoms with Gasteiger partial charge in [0, 0.05) is 18.0 Å². The maximum absolute atomic E-state index is 5.79. The fraction of sp³-hybridized carbons (Fsp3) is 0.727. The molecular weight excluding hydrogens is 190 g/mol. The van der Waals surface area contributed by atoms with Crippen LogP contribution in [0.1, 0.15) is 39.4 Å². The van der Waals surface area contributed by atoms with Gasteiger partial charge in [-0.05, 0) is 13.8 Å². The Morgan fingerprint density at radius 1 is 1.53 bits per heavy atom. The number of aromatic nitrogens is 2. The number of hydrogen-bond acceptors (Lipinski definition) is 3. The van der Waals surface area contributed by atoms with E-state index in [1.807, 2.05) is 4.68 Å². The molecule has 1 aromatic rings. The number of nitrogens with two attached hydrogens (primary N) is 1. The predicted molar refractivity (Wildman–Crippen MR) is 61.2 cm³/mol. The van der Waals surface area contributed by atoms with E-state index in [0.717, 1.165) is 11.4 Å². The summed E-state index contributed by atoms with van der Waals surface area (Å²) in [6.45, 7) is 8.98. The Labute approximate surface area is 91.4 Å². The van der Waals surface area contributed by atoms with Crippen LogP contribution in [0.2, 0.25) is 0 Å². The van der Waals surface area contributed by atoms with Gasteiger partial charge in [-0.25, -0.2) is 0 Å². The van der Waals surface area contributed by atoms with Gasteiger partial charge in [0.15, 0.2) is 5.75 Å². The molecule has 0 aliphatic rings. The minimum absolute atomic E-state index is 0.119. The van der Waals surface area contributed by atoms with E-state index in [4.69, 9.17) is 10.5 Å². The molecular formula is C11H21N3O. The summed E-state index contributed by atoms with van der Waals surface area (Å²) in [6.07, 6.45) is 1.76. The van der Waals surface area contributed by atoms with E-state index in [2.05, 4.69) is 32.8 Å². The normalized spacial score (nSPS) is 12.2. The van der Waals surface area contributed by atoms with Gasteiger partial charge in [-0.15, -0.1) is 0 Å². The molecule has 4 nitrogen and oxygen atoms in total. The average Bonchev–Trinajstić information content (AvgIpc) is 2.61. The molecule has 0 saturated heterocycles. The standard InChI is InChI=1S/C11H21N3O/c1-8(2)14-10(11(3,4)7-12)9(15-5)6-13-14/h6,8H,7,12H2,1-5H3. The number of hydrogen-bond donors (Lipinski definition) is 1. The number of rotatable bonds is 4. The van der Waals surface area contributed by atoms with Crippen molar-refractivity contribution < 1.29 is 4.74 Å². The summed E-state index contributed by atoms with van der Waals surface area (Å²) in [5, 5.41) is 4.34. The predicted octanol–water partition coefficient (Wildman–Crippen LogP) is 1.71. The molecule has 86 valence electrons. The van der Waals surface area contributed by atoms with Crippen LogP contribution in [0.5, 0.6) is 5.75 Å². The molecule has 0 saturated carbocycles. The molecule has 0 amide bonds. The molecule has 0 atom stereocenters. The lowest BCUT2D eigenvalue weighted by atomic mass is 9.88. The third-order valence-corrected chi connectivity index (χ3v) is 2.62. The molecule has 0 radical (unpaired) electrons. The molecule has 0 aliphatic carbocycles. The van der Waals surface area contributed by atoms with E-state index in [1.54, 1.807) is 13.3 Å². The maximum atomic E-state index is 5.79. The zero-order valence-electron chi connectivity index (χ0n) is 10.2. The van der Waals surface area contributed by atoms with Crippen molar-refractivity contribution in [2.75, 3.05) is 13.7 Å². The number of nitrogens with zero attached hydrogens (tertiary/aromatic N) is 2. The minimum atomic E-state index is -0.119. The van der Waals surface area contributed by atoms with Crippen molar-refractivity contribution in [2.24, 2.45) is 5.73 Å². The first-order valence-corrected chi connectivity index (χ1v) is 5.26. The summed E-state index contributed by atoms with van der Waals surface area (Å²) in [5.74, 6) is 0.819. The van der Waals surface area contributed by atoms with E-state index in [0.29, 0.717) is 12.6 Å². The fourth-order valence-electron chi connectivity index (χ4n) is 1.63. The van der Waals surface area contributed by atoms with Gasteiger partial charge in [-0.2, -0.15) is 5.10 Å². The molecule has 4 heteroatoms. The highest BCUT2D eigenvalue weighted by molar-refractivity contribution is 5.32. The van der Waals surface area contributed by atoms with Gasteiger partial charge in [0.05, 0.1) is 19.0 Å². The molecule has 1 heterocycles. The van der Waals surface area contributed by atoms with Crippen molar-refractivity contribution in [2.45, 2.75) is 39.2 Å². The molecule has 1 rings (SSSR count). The van der Waals surface area contributed by atoms with Crippen molar-refractivity contribution in [3.05, 3.63) is 11.9 Å². The van der Waals surface area contributed by atoms with Crippen molar-refractivity contribution in [3.63, 3.8) is 0 Å². The minimum Gasteiger partial charge on any atom is -0.493 e. The molecule has 0 spiro atoms. The first kappa shape index (κ1) is 12.0. The Hall–Kier alpha value is -1.03. The van der Waals surface area contributed by atoms with Gasteiger partial charge < -0.3 is 10.5 Å². The highest BCUT2D eigenvalue weighted by Gasteiger charge is 2.28. The lowest BCUT2D eigenvalue weighted by Crippen LogP contribution is -2.32. The van der Waals surface area contributed by atoms with Gasteiger partial charge in [-0.1, -0.05) is 13.8 Å². The van der Waals surface area contributed by atoms with Crippen LogP contribution in [-0.4, -0.2) is 23.4 Å². The zero-order chi connectivity index (χ0) is 11.6. The van der Waals surface area contributed by atoms with Gasteiger partial charge in [0.2, 0.25) is 0 Å². The van der Waals surface area contributed by atoms with Crippen LogP contribution in [0.4, 0.5) is 0 Å². The van der Waals surface area contributed by atoms with Crippen LogP contribution >= 0.6 is 0 Å². The van der Waals surface area contributed by atoms with Crippen LogP contribution in [0.25, 0.3) is 0 Å². The van der Waals surface area contributed by atoms with Crippen molar-refractivity contribution in [1.82, 2.24) is 9.78 Å². The van der Waals surface area contributed by atoms with Crippen LogP contribution in [-0.2, 0) is 5.41 Å². The first-order chi connectivity index (χ1) is 6.94. The quantitative estimate of drug-likeness (QED) is 0.825. The topological polar surface area (TPSA) is 53.1 Å². The van der Waals surface area contributed by atoms with E-state index in [-0.39, 0.29) is 5.41 Å². The highest BCUT2D eigenvalue weighted by atomic mass is 16.5. The maximum Gasteiger partial charge on any atom is 0.160 e. The van der Waals surface area contributed by atoms with Crippen molar-refractivity contribution >= 4 is 0 Å². The van der Waals surface area contributed by atoms with Gasteiger partial charge in [0.1, 0.15) is 0 Å². The highest BCUT2D eigenvalue weighted by Crippen LogP contribution is 2.32. The Kier molecular flexibility index (Phi) is 3.39. The molecule has 0 aliphatic heterocycles. The van der Waals surface area contributed by atoms with Crippen LogP contribution < -0.4 is 10.5 Å². The lowest BCUT2D eigenvalue weighted by Gasteiger charge is -2.26. The second kappa shape index (κ2) is 4.23. The Morgan fingerprint density at radius 3 is 2.53 bits per heavy atom. The average molecular weight is 211 g/mol. The molecule has 0 unspecified atom stereocenters. The summed E-state index contributed by atoms with van der Waals surface area (Å²) in [4.78, 5) is 0. The van der Waals surface area contributed by atoms with Crippen LogP contribution in [0.15, 0.2) is 6.20 Å². The summed E-state index contributed by atoms with van der Waals surface area (Å²) in [5.41, 5.74) is 6.75. The summed E-state index contributed by atoms with van der Waals surface area (Å²) >= 11 is 0. The molecule has 15 heavy (non-hydrogen) atoms. The Morgan fingerprint density at radius 2 is 2.13 bits per heavy atom. The third-order valence-electron chi connectivity index (χ3n) is 2.62. The molecule has 0 fully saturated rings. The van der Waals surface area contributed by atoms with Gasteiger partial charge in [-0.3, -0.25) is 4.68 Å². The Balaban J connectivity index is 3.28. The van der Waals surface area contributed by atoms with E-state index in [9.17, 15) is 0 Å². The largest absolute Gasteiger partial charge is 0.493 e. The van der Waals surface area contributed by atoms with Gasteiger partial charge >= 0.3 is 0 Å². The Bertz CT molecular complexity index is 329. The fourth-order valence-corrected chi connectivity index (χ4v) is 1.63. The molecule has 0 aromatic carbocycles. The SMILES string of the molecule is COc1cnn(C(C)C)c1C(C)(C)CN. The monoisotopic (exact) mass is 211 g/mol. The second-order valence-electron chi connectivity index (χ2n) is 4.69. The third kappa shape index (κ3) is 2.15. The van der Waals surface area contributed by atoms with E-state index in [1.165, 1.54) is 0 Å². The zero-order valence-corrected chi connectivity index (χ0v) is 10.2. The molecule has 2 N–H and O–H groups in total. The number of ether oxygens (including phenoxy) is 1. The van der Waals surface area contributed by atoms with Crippen molar-refractivity contribution in [1.29, 1.82) is 0 Å².